The molecule has 2 N–H and O–H groups in total. The summed E-state index contributed by atoms with van der Waals surface area (Å²) in [7, 11) is 1.80. The van der Waals surface area contributed by atoms with Crippen LogP contribution in [0, 0.1) is 5.92 Å². The van der Waals surface area contributed by atoms with E-state index in [-0.39, 0.29) is 0 Å². The summed E-state index contributed by atoms with van der Waals surface area (Å²) in [6.45, 7) is 9.64. The number of nitrogens with zero attached hydrogens (tertiary/aromatic N) is 2. The monoisotopic (exact) mass is 404 g/mol. The molecule has 3 rings (SSSR count). The molecule has 0 radical (unpaired) electrons. The van der Waals surface area contributed by atoms with Gasteiger partial charge in [-0.3, -0.25) is 9.89 Å². The number of benzene rings is 1. The Kier molecular flexibility index (Phi) is 9.72. The minimum atomic E-state index is 0.581. The van der Waals surface area contributed by atoms with Gasteiger partial charge in [0.25, 0.3) is 0 Å². The summed E-state index contributed by atoms with van der Waals surface area (Å²) in [4.78, 5) is 6.74. The van der Waals surface area contributed by atoms with Crippen molar-refractivity contribution in [3.63, 3.8) is 0 Å². The van der Waals surface area contributed by atoms with E-state index in [1.807, 2.05) is 0 Å². The molecule has 2 saturated heterocycles. The van der Waals surface area contributed by atoms with Gasteiger partial charge in [0.05, 0.1) is 26.4 Å². The molecule has 1 atom stereocenters. The highest BCUT2D eigenvalue weighted by molar-refractivity contribution is 5.79. The van der Waals surface area contributed by atoms with Gasteiger partial charge in [0.15, 0.2) is 5.96 Å². The fraction of sp³-hybridized carbons (Fsp3) is 0.682. The van der Waals surface area contributed by atoms with Gasteiger partial charge in [-0.25, -0.2) is 0 Å². The highest BCUT2D eigenvalue weighted by Crippen LogP contribution is 2.12. The summed E-state index contributed by atoms with van der Waals surface area (Å²) in [5, 5.41) is 6.73. The van der Waals surface area contributed by atoms with Crippen LogP contribution in [0.2, 0.25) is 0 Å². The molecule has 1 aromatic carbocycles. The summed E-state index contributed by atoms with van der Waals surface area (Å²) in [5.41, 5.74) is 2.60. The minimum Gasteiger partial charge on any atom is -0.381 e. The van der Waals surface area contributed by atoms with Crippen LogP contribution in [-0.2, 0) is 27.3 Å². The summed E-state index contributed by atoms with van der Waals surface area (Å²) in [6.07, 6.45) is 2.09. The Bertz CT molecular complexity index is 597. The van der Waals surface area contributed by atoms with E-state index >= 15 is 0 Å². The number of guanidine groups is 1. The third-order valence-electron chi connectivity index (χ3n) is 5.35. The maximum Gasteiger partial charge on any atom is 0.191 e. The lowest BCUT2D eigenvalue weighted by molar-refractivity contribution is 0.0342. The molecule has 0 bridgehead atoms. The molecule has 2 aliphatic rings. The number of morpholine rings is 1. The Labute approximate surface area is 174 Å². The number of hydrogen-bond donors (Lipinski definition) is 2. The third kappa shape index (κ3) is 8.30. The molecule has 0 amide bonds. The zero-order valence-electron chi connectivity index (χ0n) is 17.7. The standard InChI is InChI=1S/C22H36N4O3/c1-23-22(24-8-2-11-28-17-21-7-12-29-18-21)25-15-19-3-5-20(6-4-19)16-26-9-13-27-14-10-26/h3-6,21H,2,7-18H2,1H3,(H2,23,24,25). The molecule has 0 aromatic heterocycles. The number of nitrogens with one attached hydrogen (secondary N) is 2. The molecular formula is C22H36N4O3. The second-order valence-electron chi connectivity index (χ2n) is 7.72. The number of ether oxygens (including phenoxy) is 3. The molecule has 2 aliphatic heterocycles. The Morgan fingerprint density at radius 1 is 1.10 bits per heavy atom. The Morgan fingerprint density at radius 3 is 2.62 bits per heavy atom. The van der Waals surface area contributed by atoms with Crippen LogP contribution in [0.3, 0.4) is 0 Å². The first-order valence-electron chi connectivity index (χ1n) is 10.8. The van der Waals surface area contributed by atoms with Gasteiger partial charge in [-0.05, 0) is 24.0 Å². The number of aliphatic imine (C=N–C) groups is 1. The van der Waals surface area contributed by atoms with Crippen molar-refractivity contribution in [1.29, 1.82) is 0 Å². The molecule has 0 spiro atoms. The van der Waals surface area contributed by atoms with Crippen LogP contribution in [0.1, 0.15) is 24.0 Å². The molecular weight excluding hydrogens is 368 g/mol. The molecule has 7 nitrogen and oxygen atoms in total. The van der Waals surface area contributed by atoms with Gasteiger partial charge in [-0.2, -0.15) is 0 Å². The second-order valence-corrected chi connectivity index (χ2v) is 7.72. The van der Waals surface area contributed by atoms with E-state index in [0.29, 0.717) is 5.92 Å². The van der Waals surface area contributed by atoms with Crippen LogP contribution >= 0.6 is 0 Å². The summed E-state index contributed by atoms with van der Waals surface area (Å²) < 4.78 is 16.5. The van der Waals surface area contributed by atoms with Crippen molar-refractivity contribution in [2.45, 2.75) is 25.9 Å². The van der Waals surface area contributed by atoms with E-state index in [1.54, 1.807) is 7.05 Å². The van der Waals surface area contributed by atoms with E-state index in [4.69, 9.17) is 14.2 Å². The van der Waals surface area contributed by atoms with Gasteiger partial charge in [0.1, 0.15) is 0 Å². The smallest absolute Gasteiger partial charge is 0.191 e. The Hall–Kier alpha value is -1.67. The summed E-state index contributed by atoms with van der Waals surface area (Å²) in [6, 6.07) is 8.82. The normalized spacial score (nSPS) is 20.7. The maximum absolute atomic E-state index is 5.74. The maximum atomic E-state index is 5.74. The molecule has 7 heteroatoms. The largest absolute Gasteiger partial charge is 0.381 e. The second kappa shape index (κ2) is 12.8. The lowest BCUT2D eigenvalue weighted by Gasteiger charge is -2.26. The van der Waals surface area contributed by atoms with Gasteiger partial charge >= 0.3 is 0 Å². The third-order valence-corrected chi connectivity index (χ3v) is 5.35. The molecule has 29 heavy (non-hydrogen) atoms. The van der Waals surface area contributed by atoms with Crippen molar-refractivity contribution in [3.8, 4) is 0 Å². The van der Waals surface area contributed by atoms with Crippen LogP contribution < -0.4 is 10.6 Å². The zero-order valence-corrected chi connectivity index (χ0v) is 17.7. The summed E-state index contributed by atoms with van der Waals surface area (Å²) in [5.74, 6) is 1.41. The first-order chi connectivity index (χ1) is 14.3. The van der Waals surface area contributed by atoms with Crippen molar-refractivity contribution in [2.75, 3.05) is 66.3 Å². The van der Waals surface area contributed by atoms with Crippen molar-refractivity contribution in [3.05, 3.63) is 35.4 Å². The molecule has 0 aliphatic carbocycles. The predicted molar refractivity (Wildman–Crippen MR) is 115 cm³/mol. The van der Waals surface area contributed by atoms with Gasteiger partial charge in [-0.15, -0.1) is 0 Å². The molecule has 2 heterocycles. The van der Waals surface area contributed by atoms with Gasteiger partial charge in [-0.1, -0.05) is 24.3 Å². The van der Waals surface area contributed by atoms with Crippen LogP contribution in [-0.4, -0.2) is 77.2 Å². The molecule has 0 saturated carbocycles. The zero-order chi connectivity index (χ0) is 20.2. The Balaban J connectivity index is 1.27. The quantitative estimate of drug-likeness (QED) is 0.351. The highest BCUT2D eigenvalue weighted by Gasteiger charge is 2.15. The predicted octanol–water partition coefficient (Wildman–Crippen LogP) is 1.63. The van der Waals surface area contributed by atoms with Crippen molar-refractivity contribution in [1.82, 2.24) is 15.5 Å². The van der Waals surface area contributed by atoms with E-state index in [2.05, 4.69) is 44.8 Å². The van der Waals surface area contributed by atoms with E-state index in [0.717, 1.165) is 91.2 Å². The average molecular weight is 405 g/mol. The van der Waals surface area contributed by atoms with Crippen LogP contribution in [0.4, 0.5) is 0 Å². The van der Waals surface area contributed by atoms with Crippen LogP contribution in [0.15, 0.2) is 29.3 Å². The van der Waals surface area contributed by atoms with Crippen LogP contribution in [0.25, 0.3) is 0 Å². The first-order valence-corrected chi connectivity index (χ1v) is 10.8. The number of rotatable bonds is 10. The molecule has 1 unspecified atom stereocenters. The average Bonchev–Trinajstić information content (AvgIpc) is 3.28. The SMILES string of the molecule is CN=C(NCCCOCC1CCOC1)NCc1ccc(CN2CCOCC2)cc1. The van der Waals surface area contributed by atoms with Crippen LogP contribution in [0.5, 0.6) is 0 Å². The van der Waals surface area contributed by atoms with Gasteiger partial charge in [0.2, 0.25) is 0 Å². The van der Waals surface area contributed by atoms with Gasteiger partial charge in [0, 0.05) is 58.9 Å². The summed E-state index contributed by atoms with van der Waals surface area (Å²) >= 11 is 0. The molecule has 162 valence electrons. The van der Waals surface area contributed by atoms with Crippen molar-refractivity contribution in [2.24, 2.45) is 10.9 Å². The highest BCUT2D eigenvalue weighted by atomic mass is 16.5. The fourth-order valence-electron chi connectivity index (χ4n) is 3.53. The lowest BCUT2D eigenvalue weighted by Crippen LogP contribution is -2.37. The van der Waals surface area contributed by atoms with Gasteiger partial charge < -0.3 is 24.8 Å². The minimum absolute atomic E-state index is 0.581. The lowest BCUT2D eigenvalue weighted by atomic mass is 10.1. The van der Waals surface area contributed by atoms with E-state index in [9.17, 15) is 0 Å². The fourth-order valence-corrected chi connectivity index (χ4v) is 3.53. The first kappa shape index (κ1) is 22.0. The Morgan fingerprint density at radius 2 is 1.90 bits per heavy atom. The van der Waals surface area contributed by atoms with E-state index < -0.39 is 0 Å². The van der Waals surface area contributed by atoms with E-state index in [1.165, 1.54) is 11.1 Å². The number of hydrogen-bond acceptors (Lipinski definition) is 5. The topological polar surface area (TPSA) is 67.4 Å². The van der Waals surface area contributed by atoms with Crippen molar-refractivity contribution >= 4 is 5.96 Å². The van der Waals surface area contributed by atoms with Crippen molar-refractivity contribution < 1.29 is 14.2 Å². The molecule has 2 fully saturated rings. The molecule has 1 aromatic rings.